The van der Waals surface area contributed by atoms with E-state index in [1.54, 1.807) is 7.05 Å². The lowest BCUT2D eigenvalue weighted by atomic mass is 9.72. The summed E-state index contributed by atoms with van der Waals surface area (Å²) >= 11 is 0. The smallest absolute Gasteiger partial charge is 0.251 e. The molecule has 0 aromatic heterocycles. The molecule has 0 bridgehead atoms. The second-order valence-corrected chi connectivity index (χ2v) is 9.52. The van der Waals surface area contributed by atoms with Gasteiger partial charge in [0.25, 0.3) is 5.91 Å². The zero-order valence-electron chi connectivity index (χ0n) is 20.2. The molecule has 0 saturated carbocycles. The minimum absolute atomic E-state index is 0.0449. The van der Waals surface area contributed by atoms with Crippen molar-refractivity contribution in [1.29, 1.82) is 0 Å². The lowest BCUT2D eigenvalue weighted by Gasteiger charge is -2.45. The molecule has 2 aliphatic rings. The molecule has 2 aliphatic heterocycles. The number of hydrogen-bond acceptors (Lipinski definition) is 4. The number of likely N-dealkylation sites (N-methyl/N-ethyl adjacent to an activating group) is 1. The molecule has 33 heavy (non-hydrogen) atoms. The molecule has 2 saturated heterocycles. The van der Waals surface area contributed by atoms with Crippen molar-refractivity contribution in [2.45, 2.75) is 38.1 Å². The highest BCUT2D eigenvalue weighted by molar-refractivity contribution is 5.94. The summed E-state index contributed by atoms with van der Waals surface area (Å²) in [5, 5.41) is 2.70. The predicted molar refractivity (Wildman–Crippen MR) is 129 cm³/mol. The van der Waals surface area contributed by atoms with Crippen LogP contribution in [0.15, 0.2) is 42.5 Å². The van der Waals surface area contributed by atoms with E-state index in [4.69, 9.17) is 4.74 Å². The fourth-order valence-corrected chi connectivity index (χ4v) is 5.35. The number of hydrogen-bond donors (Lipinski definition) is 1. The average Bonchev–Trinajstić information content (AvgIpc) is 2.83. The van der Waals surface area contributed by atoms with Crippen LogP contribution in [0.2, 0.25) is 0 Å². The van der Waals surface area contributed by atoms with Crippen LogP contribution in [0.3, 0.4) is 0 Å². The number of rotatable bonds is 4. The van der Waals surface area contributed by atoms with E-state index in [-0.39, 0.29) is 17.9 Å². The van der Waals surface area contributed by atoms with Crippen molar-refractivity contribution in [2.75, 3.05) is 46.9 Å². The molecule has 2 fully saturated rings. The quantitative estimate of drug-likeness (QED) is 0.779. The highest BCUT2D eigenvalue weighted by Crippen LogP contribution is 2.39. The Morgan fingerprint density at radius 1 is 1.03 bits per heavy atom. The van der Waals surface area contributed by atoms with Gasteiger partial charge in [0.05, 0.1) is 11.5 Å². The van der Waals surface area contributed by atoms with Crippen molar-refractivity contribution < 1.29 is 14.3 Å². The van der Waals surface area contributed by atoms with E-state index in [0.29, 0.717) is 44.7 Å². The Balaban J connectivity index is 1.65. The fraction of sp³-hybridized carbons (Fsp3) is 0.481. The normalized spacial score (nSPS) is 21.0. The summed E-state index contributed by atoms with van der Waals surface area (Å²) in [4.78, 5) is 30.7. The van der Waals surface area contributed by atoms with Gasteiger partial charge in [-0.3, -0.25) is 14.5 Å². The van der Waals surface area contributed by atoms with E-state index in [0.717, 1.165) is 17.7 Å². The van der Waals surface area contributed by atoms with Crippen molar-refractivity contribution >= 4 is 11.8 Å². The Morgan fingerprint density at radius 3 is 2.39 bits per heavy atom. The summed E-state index contributed by atoms with van der Waals surface area (Å²) < 4.78 is 5.68. The molecule has 2 aromatic rings. The lowest BCUT2D eigenvalue weighted by Crippen LogP contribution is -2.56. The van der Waals surface area contributed by atoms with Gasteiger partial charge in [0, 0.05) is 45.5 Å². The van der Waals surface area contributed by atoms with Crippen LogP contribution in [0.1, 0.15) is 51.5 Å². The van der Waals surface area contributed by atoms with Gasteiger partial charge in [-0.05, 0) is 57.0 Å². The Kier molecular flexibility index (Phi) is 6.86. The molecule has 0 radical (unpaired) electrons. The molecule has 1 N–H and O–H groups in total. The first-order valence-electron chi connectivity index (χ1n) is 11.8. The topological polar surface area (TPSA) is 61.9 Å². The SMILES string of the molecule is CNC(=O)c1cccc([C@@H]2CN(C(=O)C3(c4cc(C)cc(C)c4)CCOCC3)CCN2C)c1. The van der Waals surface area contributed by atoms with E-state index in [2.05, 4.69) is 55.4 Å². The maximum absolute atomic E-state index is 14.2. The first-order valence-corrected chi connectivity index (χ1v) is 11.8. The second kappa shape index (κ2) is 9.65. The van der Waals surface area contributed by atoms with Gasteiger partial charge in [0.15, 0.2) is 0 Å². The van der Waals surface area contributed by atoms with Gasteiger partial charge in [0.2, 0.25) is 5.91 Å². The van der Waals surface area contributed by atoms with Gasteiger partial charge in [-0.15, -0.1) is 0 Å². The predicted octanol–water partition coefficient (Wildman–Crippen LogP) is 3.23. The van der Waals surface area contributed by atoms with Crippen LogP contribution in [0.4, 0.5) is 0 Å². The number of carbonyl (C=O) groups excluding carboxylic acids is 2. The molecular formula is C27H35N3O3. The third-order valence-corrected chi connectivity index (χ3v) is 7.23. The van der Waals surface area contributed by atoms with Crippen molar-refractivity contribution in [3.05, 3.63) is 70.3 Å². The fourth-order valence-electron chi connectivity index (χ4n) is 5.35. The van der Waals surface area contributed by atoms with Gasteiger partial charge in [-0.1, -0.05) is 41.5 Å². The zero-order chi connectivity index (χ0) is 23.6. The maximum Gasteiger partial charge on any atom is 0.251 e. The molecule has 4 rings (SSSR count). The summed E-state index contributed by atoms with van der Waals surface area (Å²) in [7, 11) is 3.73. The monoisotopic (exact) mass is 449 g/mol. The number of carbonyl (C=O) groups is 2. The Hall–Kier alpha value is -2.70. The molecule has 6 nitrogen and oxygen atoms in total. The van der Waals surface area contributed by atoms with Crippen molar-refractivity contribution in [3.63, 3.8) is 0 Å². The molecule has 2 aromatic carbocycles. The van der Waals surface area contributed by atoms with E-state index < -0.39 is 5.41 Å². The van der Waals surface area contributed by atoms with Gasteiger partial charge in [0.1, 0.15) is 0 Å². The maximum atomic E-state index is 14.2. The van der Waals surface area contributed by atoms with Gasteiger partial charge >= 0.3 is 0 Å². The molecular weight excluding hydrogens is 414 g/mol. The van der Waals surface area contributed by atoms with Gasteiger partial charge < -0.3 is 15.0 Å². The third kappa shape index (κ3) is 4.68. The highest BCUT2D eigenvalue weighted by Gasteiger charge is 2.45. The number of aryl methyl sites for hydroxylation is 2. The number of benzene rings is 2. The summed E-state index contributed by atoms with van der Waals surface area (Å²) in [5.74, 6) is 0.107. The number of ether oxygens (including phenoxy) is 1. The standard InChI is InChI=1S/C27H35N3O3/c1-19-14-20(2)16-23(15-19)27(8-12-33-13-9-27)26(32)30-11-10-29(4)24(18-30)21-6-5-7-22(17-21)25(31)28-3/h5-7,14-17,24H,8-13,18H2,1-4H3,(H,28,31)/t24-/m0/s1. The lowest BCUT2D eigenvalue weighted by molar-refractivity contribution is -0.144. The Morgan fingerprint density at radius 2 is 1.73 bits per heavy atom. The summed E-state index contributed by atoms with van der Waals surface area (Å²) in [6.45, 7) is 7.50. The second-order valence-electron chi connectivity index (χ2n) is 9.52. The molecule has 2 amide bonds. The summed E-state index contributed by atoms with van der Waals surface area (Å²) in [6, 6.07) is 14.3. The summed E-state index contributed by atoms with van der Waals surface area (Å²) in [6.07, 6.45) is 1.41. The molecule has 2 heterocycles. The van der Waals surface area contributed by atoms with Crippen molar-refractivity contribution in [2.24, 2.45) is 0 Å². The number of nitrogens with one attached hydrogen (secondary N) is 1. The molecule has 176 valence electrons. The van der Waals surface area contributed by atoms with Crippen LogP contribution in [0.5, 0.6) is 0 Å². The van der Waals surface area contributed by atoms with Gasteiger partial charge in [-0.2, -0.15) is 0 Å². The van der Waals surface area contributed by atoms with Gasteiger partial charge in [-0.25, -0.2) is 0 Å². The molecule has 1 atom stereocenters. The van der Waals surface area contributed by atoms with Crippen LogP contribution in [0.25, 0.3) is 0 Å². The minimum atomic E-state index is -0.542. The van der Waals surface area contributed by atoms with E-state index >= 15 is 0 Å². The number of nitrogens with zero attached hydrogens (tertiary/aromatic N) is 2. The first-order chi connectivity index (χ1) is 15.8. The van der Waals surface area contributed by atoms with E-state index in [1.807, 2.05) is 23.1 Å². The molecule has 0 spiro atoms. The summed E-state index contributed by atoms with van der Waals surface area (Å²) in [5.41, 5.74) is 4.65. The number of piperazine rings is 1. The van der Waals surface area contributed by atoms with Crippen molar-refractivity contribution in [3.8, 4) is 0 Å². The Bertz CT molecular complexity index is 1010. The van der Waals surface area contributed by atoms with E-state index in [9.17, 15) is 9.59 Å². The van der Waals surface area contributed by atoms with Crippen molar-refractivity contribution in [1.82, 2.24) is 15.1 Å². The van der Waals surface area contributed by atoms with Crippen LogP contribution in [0, 0.1) is 13.8 Å². The zero-order valence-corrected chi connectivity index (χ0v) is 20.2. The Labute approximate surface area is 196 Å². The third-order valence-electron chi connectivity index (χ3n) is 7.23. The van der Waals surface area contributed by atoms with E-state index in [1.165, 1.54) is 11.1 Å². The largest absolute Gasteiger partial charge is 0.381 e. The minimum Gasteiger partial charge on any atom is -0.381 e. The van der Waals surface area contributed by atoms with Crippen LogP contribution >= 0.6 is 0 Å². The number of amides is 2. The molecule has 6 heteroatoms. The highest BCUT2D eigenvalue weighted by atomic mass is 16.5. The van der Waals surface area contributed by atoms with Crippen LogP contribution in [-0.2, 0) is 14.9 Å². The first kappa shape index (κ1) is 23.5. The van der Waals surface area contributed by atoms with Crippen LogP contribution < -0.4 is 5.32 Å². The molecule has 0 aliphatic carbocycles. The van der Waals surface area contributed by atoms with Crippen LogP contribution in [-0.4, -0.2) is 68.6 Å². The average molecular weight is 450 g/mol. The molecule has 0 unspecified atom stereocenters.